The van der Waals surface area contributed by atoms with Crippen molar-refractivity contribution in [2.45, 2.75) is 156 Å². The molecule has 0 saturated heterocycles. The molecule has 0 rings (SSSR count). The standard InChI is InChI=1S/C27H54O2/c1-5-7-9-11-13-15-16-18-20-22-24-27(4,25-29-26(3)28)23-21-19-17-14-12-10-8-6-2/h5-25H2,1-4H3. The number of carbonyl (C=O) groups is 1. The topological polar surface area (TPSA) is 26.3 Å². The first-order valence-corrected chi connectivity index (χ1v) is 13.2. The van der Waals surface area contributed by atoms with E-state index in [2.05, 4.69) is 20.8 Å². The molecule has 0 aromatic rings. The summed E-state index contributed by atoms with van der Waals surface area (Å²) in [6.45, 7) is 9.04. The van der Waals surface area contributed by atoms with Crippen molar-refractivity contribution in [1.29, 1.82) is 0 Å². The molecule has 0 aliphatic heterocycles. The second-order valence-corrected chi connectivity index (χ2v) is 9.75. The molecule has 0 heterocycles. The average molecular weight is 411 g/mol. The molecule has 0 amide bonds. The Kier molecular flexibility index (Phi) is 20.4. The van der Waals surface area contributed by atoms with E-state index in [-0.39, 0.29) is 11.4 Å². The van der Waals surface area contributed by atoms with E-state index in [1.54, 1.807) is 0 Å². The van der Waals surface area contributed by atoms with E-state index in [0.29, 0.717) is 6.61 Å². The van der Waals surface area contributed by atoms with Crippen molar-refractivity contribution >= 4 is 5.97 Å². The van der Waals surface area contributed by atoms with E-state index >= 15 is 0 Å². The number of ether oxygens (including phenoxy) is 1. The SMILES string of the molecule is CCCCCCCCCCCCC(C)(CCCCCCCCCC)COC(C)=O. The summed E-state index contributed by atoms with van der Waals surface area (Å²) in [5.74, 6) is -0.129. The molecule has 0 fully saturated rings. The van der Waals surface area contributed by atoms with Gasteiger partial charge in [0.15, 0.2) is 0 Å². The summed E-state index contributed by atoms with van der Waals surface area (Å²) in [4.78, 5) is 11.3. The van der Waals surface area contributed by atoms with E-state index < -0.39 is 0 Å². The number of hydrogen-bond donors (Lipinski definition) is 0. The van der Waals surface area contributed by atoms with Crippen molar-refractivity contribution in [3.63, 3.8) is 0 Å². The summed E-state index contributed by atoms with van der Waals surface area (Å²) in [5, 5.41) is 0. The van der Waals surface area contributed by atoms with Crippen molar-refractivity contribution < 1.29 is 9.53 Å². The first-order chi connectivity index (χ1) is 14.0. The summed E-state index contributed by atoms with van der Waals surface area (Å²) in [6, 6.07) is 0. The number of hydrogen-bond acceptors (Lipinski definition) is 2. The van der Waals surface area contributed by atoms with Crippen LogP contribution in [0.1, 0.15) is 156 Å². The monoisotopic (exact) mass is 410 g/mol. The van der Waals surface area contributed by atoms with Gasteiger partial charge < -0.3 is 4.74 Å². The number of esters is 1. The molecule has 174 valence electrons. The van der Waals surface area contributed by atoms with Gasteiger partial charge in [0.25, 0.3) is 0 Å². The molecule has 0 aromatic carbocycles. The second-order valence-electron chi connectivity index (χ2n) is 9.75. The number of unbranched alkanes of at least 4 members (excludes halogenated alkanes) is 16. The zero-order valence-electron chi connectivity index (χ0n) is 20.7. The third-order valence-electron chi connectivity index (χ3n) is 6.39. The molecule has 2 nitrogen and oxygen atoms in total. The van der Waals surface area contributed by atoms with Crippen LogP contribution in [-0.4, -0.2) is 12.6 Å². The van der Waals surface area contributed by atoms with Gasteiger partial charge in [0, 0.05) is 12.3 Å². The maximum absolute atomic E-state index is 11.3. The predicted octanol–water partition coefficient (Wildman–Crippen LogP) is 9.40. The van der Waals surface area contributed by atoms with Gasteiger partial charge in [-0.1, -0.05) is 136 Å². The maximum Gasteiger partial charge on any atom is 0.302 e. The van der Waals surface area contributed by atoms with Crippen LogP contribution in [0.25, 0.3) is 0 Å². The highest BCUT2D eigenvalue weighted by Gasteiger charge is 2.25. The third kappa shape index (κ3) is 20.5. The molecular weight excluding hydrogens is 356 g/mol. The van der Waals surface area contributed by atoms with Crippen molar-refractivity contribution in [3.05, 3.63) is 0 Å². The van der Waals surface area contributed by atoms with Gasteiger partial charge in [-0.25, -0.2) is 0 Å². The highest BCUT2D eigenvalue weighted by molar-refractivity contribution is 5.65. The van der Waals surface area contributed by atoms with Gasteiger partial charge >= 0.3 is 5.97 Å². The highest BCUT2D eigenvalue weighted by atomic mass is 16.5. The molecule has 0 N–H and O–H groups in total. The Bertz CT molecular complexity index is 352. The van der Waals surface area contributed by atoms with Crippen LogP contribution in [0.5, 0.6) is 0 Å². The fourth-order valence-corrected chi connectivity index (χ4v) is 4.27. The predicted molar refractivity (Wildman–Crippen MR) is 128 cm³/mol. The Morgan fingerprint density at radius 3 is 1.21 bits per heavy atom. The largest absolute Gasteiger partial charge is 0.465 e. The third-order valence-corrected chi connectivity index (χ3v) is 6.39. The van der Waals surface area contributed by atoms with Crippen LogP contribution in [0.4, 0.5) is 0 Å². The van der Waals surface area contributed by atoms with Crippen molar-refractivity contribution in [3.8, 4) is 0 Å². The van der Waals surface area contributed by atoms with E-state index in [1.165, 1.54) is 135 Å². The Labute approximate surface area is 184 Å². The van der Waals surface area contributed by atoms with Crippen molar-refractivity contribution in [1.82, 2.24) is 0 Å². The Hall–Kier alpha value is -0.530. The summed E-state index contributed by atoms with van der Waals surface area (Å²) < 4.78 is 5.43. The average Bonchev–Trinajstić information content (AvgIpc) is 2.70. The molecule has 0 radical (unpaired) electrons. The molecule has 1 unspecified atom stereocenters. The summed E-state index contributed by atoms with van der Waals surface area (Å²) in [7, 11) is 0. The lowest BCUT2D eigenvalue weighted by atomic mass is 9.80. The van der Waals surface area contributed by atoms with Gasteiger partial charge in [-0.2, -0.15) is 0 Å². The first kappa shape index (κ1) is 28.5. The van der Waals surface area contributed by atoms with Gasteiger partial charge in [-0.3, -0.25) is 4.79 Å². The molecule has 0 aromatic heterocycles. The smallest absolute Gasteiger partial charge is 0.302 e. The van der Waals surface area contributed by atoms with Crippen molar-refractivity contribution in [2.75, 3.05) is 6.61 Å². The molecule has 0 saturated carbocycles. The fraction of sp³-hybridized carbons (Fsp3) is 0.963. The Morgan fingerprint density at radius 2 is 0.897 bits per heavy atom. The lowest BCUT2D eigenvalue weighted by Gasteiger charge is -2.29. The number of rotatable bonds is 22. The Balaban J connectivity index is 3.88. The first-order valence-electron chi connectivity index (χ1n) is 13.2. The van der Waals surface area contributed by atoms with Crippen LogP contribution in [0.2, 0.25) is 0 Å². The van der Waals surface area contributed by atoms with Crippen LogP contribution in [0.15, 0.2) is 0 Å². The molecule has 0 aliphatic rings. The van der Waals surface area contributed by atoms with Crippen LogP contribution in [0.3, 0.4) is 0 Å². The maximum atomic E-state index is 11.3. The molecule has 0 spiro atoms. The Morgan fingerprint density at radius 1 is 0.586 bits per heavy atom. The van der Waals surface area contributed by atoms with Crippen LogP contribution in [-0.2, 0) is 9.53 Å². The quantitative estimate of drug-likeness (QED) is 0.131. The summed E-state index contributed by atoms with van der Waals surface area (Å²) in [5.41, 5.74) is 0.175. The van der Waals surface area contributed by atoms with Gasteiger partial charge in [0.1, 0.15) is 0 Å². The van der Waals surface area contributed by atoms with Crippen LogP contribution in [0, 0.1) is 5.41 Å². The van der Waals surface area contributed by atoms with E-state index in [9.17, 15) is 4.79 Å². The normalized spacial score (nSPS) is 13.4. The van der Waals surface area contributed by atoms with E-state index in [1.807, 2.05) is 0 Å². The molecule has 0 bridgehead atoms. The fourth-order valence-electron chi connectivity index (χ4n) is 4.27. The summed E-state index contributed by atoms with van der Waals surface area (Å²) in [6.07, 6.45) is 27.1. The second kappa shape index (κ2) is 20.7. The molecule has 2 heteroatoms. The van der Waals surface area contributed by atoms with Gasteiger partial charge in [-0.15, -0.1) is 0 Å². The minimum atomic E-state index is -0.129. The molecule has 29 heavy (non-hydrogen) atoms. The minimum absolute atomic E-state index is 0.129. The zero-order chi connectivity index (χ0) is 21.6. The van der Waals surface area contributed by atoms with Crippen molar-refractivity contribution in [2.24, 2.45) is 5.41 Å². The lowest BCUT2D eigenvalue weighted by molar-refractivity contribution is -0.144. The lowest BCUT2D eigenvalue weighted by Crippen LogP contribution is -2.25. The van der Waals surface area contributed by atoms with Gasteiger partial charge in [0.05, 0.1) is 6.61 Å². The molecule has 1 atom stereocenters. The molecule has 0 aliphatic carbocycles. The highest BCUT2D eigenvalue weighted by Crippen LogP contribution is 2.32. The van der Waals surface area contributed by atoms with Crippen LogP contribution >= 0.6 is 0 Å². The van der Waals surface area contributed by atoms with Gasteiger partial charge in [0.2, 0.25) is 0 Å². The summed E-state index contributed by atoms with van der Waals surface area (Å²) >= 11 is 0. The van der Waals surface area contributed by atoms with E-state index in [0.717, 1.165) is 0 Å². The number of carbonyl (C=O) groups excluding carboxylic acids is 1. The minimum Gasteiger partial charge on any atom is -0.465 e. The zero-order valence-corrected chi connectivity index (χ0v) is 20.7. The van der Waals surface area contributed by atoms with Gasteiger partial charge in [-0.05, 0) is 12.8 Å². The van der Waals surface area contributed by atoms with Crippen LogP contribution < -0.4 is 0 Å². The molecular formula is C27H54O2. The van der Waals surface area contributed by atoms with E-state index in [4.69, 9.17) is 4.74 Å².